The molecule has 1 aromatic heterocycles. The van der Waals surface area contributed by atoms with Gasteiger partial charge in [0.2, 0.25) is 5.43 Å². The van der Waals surface area contributed by atoms with Crippen LogP contribution in [0.3, 0.4) is 0 Å². The summed E-state index contributed by atoms with van der Waals surface area (Å²) in [5.41, 5.74) is -0.862. The van der Waals surface area contributed by atoms with Crippen molar-refractivity contribution in [3.05, 3.63) is 33.9 Å². The van der Waals surface area contributed by atoms with Crippen LogP contribution in [0.5, 0.6) is 5.75 Å². The van der Waals surface area contributed by atoms with Crippen molar-refractivity contribution in [2.24, 2.45) is 5.41 Å². The molecule has 2 heterocycles. The van der Waals surface area contributed by atoms with E-state index in [1.807, 2.05) is 18.7 Å². The summed E-state index contributed by atoms with van der Waals surface area (Å²) >= 11 is 0. The number of ether oxygens (including phenoxy) is 1. The summed E-state index contributed by atoms with van der Waals surface area (Å²) in [7, 11) is 1.43. The topological polar surface area (TPSA) is 92.0 Å². The molecule has 0 spiro atoms. The zero-order chi connectivity index (χ0) is 21.1. The van der Waals surface area contributed by atoms with Gasteiger partial charge in [-0.3, -0.25) is 4.79 Å². The van der Waals surface area contributed by atoms with Crippen LogP contribution in [0.2, 0.25) is 0 Å². The molecule has 1 saturated heterocycles. The lowest BCUT2D eigenvalue weighted by atomic mass is 9.81. The van der Waals surface area contributed by atoms with E-state index in [-0.39, 0.29) is 28.4 Å². The standard InChI is InChI=1S/C21H25FN2O5/c1-21(2)10-23(7-6-15(21)25)17-14(22)8-12-16(19(17)29-3)24(11-4-5-11)9-13(18(12)26)20(27)28/h8-9,11,15,25H,4-7,10H2,1-3H3,(H,27,28). The summed E-state index contributed by atoms with van der Waals surface area (Å²) in [6.07, 6.45) is 3.06. The Morgan fingerprint density at radius 3 is 2.55 bits per heavy atom. The molecule has 4 rings (SSSR count). The highest BCUT2D eigenvalue weighted by Gasteiger charge is 2.38. The van der Waals surface area contributed by atoms with Gasteiger partial charge < -0.3 is 24.4 Å². The lowest BCUT2D eigenvalue weighted by Crippen LogP contribution is -2.49. The van der Waals surface area contributed by atoms with Crippen LogP contribution < -0.4 is 15.1 Å². The molecule has 2 aromatic rings. The number of aromatic carboxylic acids is 1. The molecule has 2 aliphatic rings. The van der Waals surface area contributed by atoms with Crippen LogP contribution in [0.4, 0.5) is 10.1 Å². The summed E-state index contributed by atoms with van der Waals surface area (Å²) in [5, 5.41) is 19.7. The fourth-order valence-electron chi connectivity index (χ4n) is 4.26. The van der Waals surface area contributed by atoms with Crippen molar-refractivity contribution in [1.29, 1.82) is 0 Å². The van der Waals surface area contributed by atoms with Crippen molar-refractivity contribution in [2.75, 3.05) is 25.1 Å². The third-order valence-electron chi connectivity index (χ3n) is 6.06. The first kappa shape index (κ1) is 19.7. The van der Waals surface area contributed by atoms with Crippen molar-refractivity contribution < 1.29 is 24.1 Å². The fraction of sp³-hybridized carbons (Fsp3) is 0.524. The van der Waals surface area contributed by atoms with E-state index in [1.165, 1.54) is 13.3 Å². The fourth-order valence-corrected chi connectivity index (χ4v) is 4.26. The number of methoxy groups -OCH3 is 1. The van der Waals surface area contributed by atoms with E-state index < -0.39 is 28.7 Å². The quantitative estimate of drug-likeness (QED) is 0.814. The number of aromatic nitrogens is 1. The predicted octanol–water partition coefficient (Wildman–Crippen LogP) is 2.78. The van der Waals surface area contributed by atoms with E-state index in [1.54, 1.807) is 4.57 Å². The van der Waals surface area contributed by atoms with Crippen LogP contribution in [-0.4, -0.2) is 47.1 Å². The maximum Gasteiger partial charge on any atom is 0.341 e. The molecule has 0 radical (unpaired) electrons. The number of benzene rings is 1. The number of nitrogens with zero attached hydrogens (tertiary/aromatic N) is 2. The number of rotatable bonds is 4. The van der Waals surface area contributed by atoms with Crippen molar-refractivity contribution in [3.8, 4) is 5.75 Å². The van der Waals surface area contributed by atoms with Crippen LogP contribution >= 0.6 is 0 Å². The molecule has 8 heteroatoms. The Morgan fingerprint density at radius 2 is 2.00 bits per heavy atom. The smallest absolute Gasteiger partial charge is 0.341 e. The summed E-state index contributed by atoms with van der Waals surface area (Å²) in [6.45, 7) is 4.72. The predicted molar refractivity (Wildman–Crippen MR) is 107 cm³/mol. The van der Waals surface area contributed by atoms with Gasteiger partial charge in [0.1, 0.15) is 11.3 Å². The summed E-state index contributed by atoms with van der Waals surface area (Å²) in [4.78, 5) is 26.1. The van der Waals surface area contributed by atoms with Crippen LogP contribution in [0.15, 0.2) is 17.1 Å². The highest BCUT2D eigenvalue weighted by atomic mass is 19.1. The van der Waals surface area contributed by atoms with Gasteiger partial charge in [0.15, 0.2) is 11.6 Å². The minimum Gasteiger partial charge on any atom is -0.492 e. The van der Waals surface area contributed by atoms with E-state index in [0.29, 0.717) is 25.0 Å². The van der Waals surface area contributed by atoms with E-state index in [2.05, 4.69) is 0 Å². The number of carbonyl (C=O) groups is 1. The number of anilines is 1. The van der Waals surface area contributed by atoms with Gasteiger partial charge in [-0.2, -0.15) is 0 Å². The van der Waals surface area contributed by atoms with Crippen molar-refractivity contribution >= 4 is 22.6 Å². The normalized spacial score (nSPS) is 21.4. The molecule has 0 bridgehead atoms. The average Bonchev–Trinajstić information content (AvgIpc) is 3.48. The Hall–Kier alpha value is -2.61. The van der Waals surface area contributed by atoms with Crippen LogP contribution in [0, 0.1) is 11.2 Å². The average molecular weight is 404 g/mol. The van der Waals surface area contributed by atoms with E-state index in [0.717, 1.165) is 18.9 Å². The van der Waals surface area contributed by atoms with Crippen LogP contribution in [-0.2, 0) is 0 Å². The SMILES string of the molecule is COc1c(N2CCC(O)C(C)(C)C2)c(F)cc2c(=O)c(C(=O)O)cn(C3CC3)c12. The van der Waals surface area contributed by atoms with Crippen LogP contribution in [0.1, 0.15) is 49.5 Å². The van der Waals surface area contributed by atoms with Crippen molar-refractivity contribution in [3.63, 3.8) is 0 Å². The number of aliphatic hydroxyl groups excluding tert-OH is 1. The van der Waals surface area contributed by atoms with Crippen molar-refractivity contribution in [2.45, 2.75) is 45.3 Å². The molecule has 1 atom stereocenters. The largest absolute Gasteiger partial charge is 0.492 e. The molecule has 1 unspecified atom stereocenters. The minimum atomic E-state index is -1.33. The van der Waals surface area contributed by atoms with Gasteiger partial charge in [0.25, 0.3) is 0 Å². The zero-order valence-electron chi connectivity index (χ0n) is 16.7. The molecule has 1 aromatic carbocycles. The highest BCUT2D eigenvalue weighted by molar-refractivity contribution is 5.97. The lowest BCUT2D eigenvalue weighted by molar-refractivity contribution is 0.0333. The molecule has 29 heavy (non-hydrogen) atoms. The minimum absolute atomic E-state index is 0.00574. The second kappa shape index (κ2) is 6.73. The maximum atomic E-state index is 15.3. The molecule has 1 aliphatic carbocycles. The first-order valence-corrected chi connectivity index (χ1v) is 9.77. The first-order chi connectivity index (χ1) is 13.7. The number of pyridine rings is 1. The second-order valence-electron chi connectivity index (χ2n) is 8.67. The molecule has 2 fully saturated rings. The van der Waals surface area contributed by atoms with Gasteiger partial charge in [-0.1, -0.05) is 13.8 Å². The number of aliphatic hydroxyl groups is 1. The van der Waals surface area contributed by atoms with E-state index >= 15 is 4.39 Å². The molecular weight excluding hydrogens is 379 g/mol. The monoisotopic (exact) mass is 404 g/mol. The molecule has 7 nitrogen and oxygen atoms in total. The Bertz CT molecular complexity index is 1060. The molecular formula is C21H25FN2O5. The van der Waals surface area contributed by atoms with Crippen LogP contribution in [0.25, 0.3) is 10.9 Å². The molecule has 156 valence electrons. The zero-order valence-corrected chi connectivity index (χ0v) is 16.7. The van der Waals surface area contributed by atoms with E-state index in [9.17, 15) is 19.8 Å². The van der Waals surface area contributed by atoms with Gasteiger partial charge in [-0.25, -0.2) is 9.18 Å². The number of halogens is 1. The summed E-state index contributed by atoms with van der Waals surface area (Å²) in [6, 6.07) is 1.18. The number of fused-ring (bicyclic) bond motifs is 1. The third kappa shape index (κ3) is 3.15. The van der Waals surface area contributed by atoms with Crippen molar-refractivity contribution in [1.82, 2.24) is 4.57 Å². The number of hydrogen-bond donors (Lipinski definition) is 2. The molecule has 2 N–H and O–H groups in total. The molecule has 1 saturated carbocycles. The summed E-state index contributed by atoms with van der Waals surface area (Å²) < 4.78 is 22.6. The Morgan fingerprint density at radius 1 is 1.31 bits per heavy atom. The highest BCUT2D eigenvalue weighted by Crippen LogP contribution is 2.45. The van der Waals surface area contributed by atoms with Gasteiger partial charge in [0.05, 0.1) is 24.1 Å². The Labute approximate surface area is 167 Å². The van der Waals surface area contributed by atoms with Gasteiger partial charge >= 0.3 is 5.97 Å². The maximum absolute atomic E-state index is 15.3. The van der Waals surface area contributed by atoms with Gasteiger partial charge in [-0.05, 0) is 25.3 Å². The number of carboxylic acid groups (broad SMARTS) is 1. The molecule has 1 aliphatic heterocycles. The number of hydrogen-bond acceptors (Lipinski definition) is 5. The van der Waals surface area contributed by atoms with E-state index in [4.69, 9.17) is 4.74 Å². The number of carboxylic acids is 1. The summed E-state index contributed by atoms with van der Waals surface area (Å²) in [5.74, 6) is -1.74. The first-order valence-electron chi connectivity index (χ1n) is 9.77. The Kier molecular flexibility index (Phi) is 4.57. The van der Waals surface area contributed by atoms with Gasteiger partial charge in [0, 0.05) is 30.7 Å². The molecule has 0 amide bonds. The Balaban J connectivity index is 1.99. The van der Waals surface area contributed by atoms with Gasteiger partial charge in [-0.15, -0.1) is 0 Å². The third-order valence-corrected chi connectivity index (χ3v) is 6.06. The second-order valence-corrected chi connectivity index (χ2v) is 8.67. The number of piperidine rings is 1. The lowest BCUT2D eigenvalue weighted by Gasteiger charge is -2.43.